The molecule has 0 radical (unpaired) electrons. The molecule has 1 heterocycles. The molecule has 1 fully saturated rings. The van der Waals surface area contributed by atoms with E-state index in [9.17, 15) is 4.79 Å². The first-order valence-corrected chi connectivity index (χ1v) is 4.37. The molecule has 1 aliphatic rings. The van der Waals surface area contributed by atoms with E-state index < -0.39 is 0 Å². The Morgan fingerprint density at radius 3 is 2.64 bits per heavy atom. The second-order valence-electron chi connectivity index (χ2n) is 3.41. The van der Waals surface area contributed by atoms with Crippen LogP contribution in [0.15, 0.2) is 0 Å². The molecule has 2 heteroatoms. The number of carbonyl (C=O) groups excluding carboxylic acids is 1. The van der Waals surface area contributed by atoms with E-state index in [1.165, 1.54) is 0 Å². The molecule has 1 atom stereocenters. The molecule has 1 rings (SSSR count). The summed E-state index contributed by atoms with van der Waals surface area (Å²) < 4.78 is 5.35. The average Bonchev–Trinajstić information content (AvgIpc) is 2.05. The second-order valence-corrected chi connectivity index (χ2v) is 3.41. The number of ether oxygens (including phenoxy) is 1. The molecule has 1 aliphatic heterocycles. The maximum absolute atomic E-state index is 11.4. The fourth-order valence-electron chi connectivity index (χ4n) is 1.34. The highest BCUT2D eigenvalue weighted by Crippen LogP contribution is 2.16. The predicted octanol–water partition coefficient (Wildman–Crippen LogP) is 1.78. The van der Waals surface area contributed by atoms with Crippen LogP contribution in [0.5, 0.6) is 0 Å². The van der Waals surface area contributed by atoms with Gasteiger partial charge in [-0.3, -0.25) is 4.79 Å². The van der Waals surface area contributed by atoms with Crippen LogP contribution in [0.1, 0.15) is 33.1 Å². The quantitative estimate of drug-likeness (QED) is 0.609. The van der Waals surface area contributed by atoms with Crippen molar-refractivity contribution >= 4 is 5.78 Å². The zero-order valence-electron chi connectivity index (χ0n) is 7.30. The first-order valence-electron chi connectivity index (χ1n) is 4.37. The lowest BCUT2D eigenvalue weighted by Gasteiger charge is -2.22. The summed E-state index contributed by atoms with van der Waals surface area (Å²) in [5.74, 6) is 0.391. The molecular formula is C9H16O2. The van der Waals surface area contributed by atoms with Gasteiger partial charge in [0.15, 0.2) is 5.78 Å². The van der Waals surface area contributed by atoms with Crippen LogP contribution >= 0.6 is 0 Å². The third-order valence-electron chi connectivity index (χ3n) is 2.07. The molecule has 0 aromatic rings. The molecule has 0 amide bonds. The lowest BCUT2D eigenvalue weighted by molar-refractivity contribution is -0.136. The van der Waals surface area contributed by atoms with Crippen LogP contribution in [0.4, 0.5) is 0 Å². The van der Waals surface area contributed by atoms with Gasteiger partial charge in [-0.2, -0.15) is 0 Å². The highest BCUT2D eigenvalue weighted by molar-refractivity contribution is 5.84. The fourth-order valence-corrected chi connectivity index (χ4v) is 1.34. The molecule has 64 valence electrons. The van der Waals surface area contributed by atoms with Crippen molar-refractivity contribution in [3.63, 3.8) is 0 Å². The van der Waals surface area contributed by atoms with Gasteiger partial charge in [0.05, 0.1) is 0 Å². The van der Waals surface area contributed by atoms with Gasteiger partial charge < -0.3 is 4.74 Å². The van der Waals surface area contributed by atoms with Gasteiger partial charge in [-0.1, -0.05) is 13.8 Å². The Labute approximate surface area is 67.9 Å². The van der Waals surface area contributed by atoms with Crippen molar-refractivity contribution < 1.29 is 9.53 Å². The van der Waals surface area contributed by atoms with E-state index in [1.807, 2.05) is 13.8 Å². The van der Waals surface area contributed by atoms with Crippen LogP contribution < -0.4 is 0 Å². The molecule has 0 aliphatic carbocycles. The Kier molecular flexibility index (Phi) is 3.06. The van der Waals surface area contributed by atoms with E-state index in [0.29, 0.717) is 0 Å². The van der Waals surface area contributed by atoms with Crippen molar-refractivity contribution in [2.24, 2.45) is 5.92 Å². The molecule has 0 aromatic carbocycles. The third-order valence-corrected chi connectivity index (χ3v) is 2.07. The minimum Gasteiger partial charge on any atom is -0.370 e. The van der Waals surface area contributed by atoms with E-state index in [0.717, 1.165) is 25.9 Å². The molecule has 2 nitrogen and oxygen atoms in total. The number of ketones is 1. The summed E-state index contributed by atoms with van der Waals surface area (Å²) in [5, 5.41) is 0. The zero-order valence-corrected chi connectivity index (χ0v) is 7.30. The normalized spacial score (nSPS) is 25.5. The van der Waals surface area contributed by atoms with Crippen molar-refractivity contribution in [2.45, 2.75) is 39.2 Å². The second kappa shape index (κ2) is 3.86. The highest BCUT2D eigenvalue weighted by Gasteiger charge is 2.23. The third kappa shape index (κ3) is 2.29. The first kappa shape index (κ1) is 8.72. The van der Waals surface area contributed by atoms with Gasteiger partial charge in [0, 0.05) is 12.5 Å². The molecule has 0 bridgehead atoms. The molecule has 0 spiro atoms. The first-order chi connectivity index (χ1) is 5.22. The largest absolute Gasteiger partial charge is 0.370 e. The van der Waals surface area contributed by atoms with Gasteiger partial charge in [0.1, 0.15) is 6.10 Å². The van der Waals surface area contributed by atoms with Gasteiger partial charge in [0.2, 0.25) is 0 Å². The Hall–Kier alpha value is -0.370. The summed E-state index contributed by atoms with van der Waals surface area (Å²) in [7, 11) is 0. The highest BCUT2D eigenvalue weighted by atomic mass is 16.5. The predicted molar refractivity (Wildman–Crippen MR) is 43.4 cm³/mol. The summed E-state index contributed by atoms with van der Waals surface area (Å²) >= 11 is 0. The van der Waals surface area contributed by atoms with Crippen molar-refractivity contribution in [2.75, 3.05) is 6.61 Å². The Morgan fingerprint density at radius 1 is 1.45 bits per heavy atom. The maximum Gasteiger partial charge on any atom is 0.164 e. The van der Waals surface area contributed by atoms with Crippen molar-refractivity contribution in [3.05, 3.63) is 0 Å². The molecule has 0 saturated carbocycles. The fraction of sp³-hybridized carbons (Fsp3) is 0.889. The molecule has 0 aromatic heterocycles. The summed E-state index contributed by atoms with van der Waals surface area (Å²) in [5.41, 5.74) is 0. The Bertz CT molecular complexity index is 134. The Balaban J connectivity index is 2.39. The van der Waals surface area contributed by atoms with Crippen molar-refractivity contribution in [3.8, 4) is 0 Å². The van der Waals surface area contributed by atoms with Crippen LogP contribution in [0.3, 0.4) is 0 Å². The number of hydrogen-bond donors (Lipinski definition) is 0. The average molecular weight is 156 g/mol. The summed E-state index contributed by atoms with van der Waals surface area (Å²) in [6.45, 7) is 4.63. The van der Waals surface area contributed by atoms with E-state index in [4.69, 9.17) is 4.74 Å². The van der Waals surface area contributed by atoms with E-state index in [2.05, 4.69) is 0 Å². The summed E-state index contributed by atoms with van der Waals surface area (Å²) in [6.07, 6.45) is 3.09. The van der Waals surface area contributed by atoms with Gasteiger partial charge in [-0.15, -0.1) is 0 Å². The molecule has 1 saturated heterocycles. The molecule has 0 N–H and O–H groups in total. The van der Waals surface area contributed by atoms with Crippen LogP contribution in [0.25, 0.3) is 0 Å². The van der Waals surface area contributed by atoms with Gasteiger partial charge in [-0.05, 0) is 19.3 Å². The topological polar surface area (TPSA) is 26.3 Å². The smallest absolute Gasteiger partial charge is 0.164 e. The monoisotopic (exact) mass is 156 g/mol. The summed E-state index contributed by atoms with van der Waals surface area (Å²) in [6, 6.07) is 0. The minimum atomic E-state index is -0.0938. The van der Waals surface area contributed by atoms with E-state index in [1.54, 1.807) is 0 Å². The lowest BCUT2D eigenvalue weighted by Crippen LogP contribution is -2.31. The van der Waals surface area contributed by atoms with Crippen LogP contribution in [0.2, 0.25) is 0 Å². The number of carbonyl (C=O) groups is 1. The Morgan fingerprint density at radius 2 is 2.18 bits per heavy atom. The number of Topliss-reactive ketones (excluding diaryl/α,β-unsaturated/α-hetero) is 1. The van der Waals surface area contributed by atoms with Crippen molar-refractivity contribution in [1.82, 2.24) is 0 Å². The van der Waals surface area contributed by atoms with E-state index >= 15 is 0 Å². The molecule has 11 heavy (non-hydrogen) atoms. The van der Waals surface area contributed by atoms with Gasteiger partial charge >= 0.3 is 0 Å². The zero-order chi connectivity index (χ0) is 8.27. The lowest BCUT2D eigenvalue weighted by atomic mass is 9.98. The number of hydrogen-bond acceptors (Lipinski definition) is 2. The number of rotatable bonds is 2. The minimum absolute atomic E-state index is 0.0938. The van der Waals surface area contributed by atoms with Gasteiger partial charge in [0.25, 0.3) is 0 Å². The maximum atomic E-state index is 11.4. The van der Waals surface area contributed by atoms with Crippen LogP contribution in [0, 0.1) is 5.92 Å². The van der Waals surface area contributed by atoms with Crippen LogP contribution in [-0.2, 0) is 9.53 Å². The van der Waals surface area contributed by atoms with Gasteiger partial charge in [-0.25, -0.2) is 0 Å². The van der Waals surface area contributed by atoms with Crippen LogP contribution in [-0.4, -0.2) is 18.5 Å². The SMILES string of the molecule is CC(C)C(=O)[C@@H]1CCCCO1. The summed E-state index contributed by atoms with van der Waals surface area (Å²) in [4.78, 5) is 11.4. The van der Waals surface area contributed by atoms with E-state index in [-0.39, 0.29) is 17.8 Å². The molecule has 0 unspecified atom stereocenters. The standard InChI is InChI=1S/C9H16O2/c1-7(2)9(10)8-5-3-4-6-11-8/h7-8H,3-6H2,1-2H3/t8-/m0/s1. The van der Waals surface area contributed by atoms with Crippen molar-refractivity contribution in [1.29, 1.82) is 0 Å². The molecular weight excluding hydrogens is 140 g/mol.